The zero-order valence-corrected chi connectivity index (χ0v) is 19.2. The number of amides is 1. The van der Waals surface area contributed by atoms with Crippen LogP contribution in [0.25, 0.3) is 0 Å². The first-order chi connectivity index (χ1) is 14.1. The Balaban J connectivity index is 1.96. The Morgan fingerprint density at radius 3 is 2.33 bits per heavy atom. The van der Waals surface area contributed by atoms with Crippen molar-refractivity contribution < 1.29 is 17.9 Å². The minimum atomic E-state index is -3.66. The fourth-order valence-electron chi connectivity index (χ4n) is 3.28. The summed E-state index contributed by atoms with van der Waals surface area (Å²) in [6.45, 7) is 6.39. The molecule has 2 aromatic rings. The predicted octanol–water partition coefficient (Wildman–Crippen LogP) is 3.72. The maximum absolute atomic E-state index is 12.6. The largest absolute Gasteiger partial charge is 0.497 e. The first kappa shape index (κ1) is 23.7. The van der Waals surface area contributed by atoms with Crippen LogP contribution in [0.4, 0.5) is 5.69 Å². The predicted molar refractivity (Wildman–Crippen MR) is 122 cm³/mol. The fourth-order valence-corrected chi connectivity index (χ4v) is 4.44. The molecule has 0 aliphatic heterocycles. The van der Waals surface area contributed by atoms with Gasteiger partial charge in [-0.15, -0.1) is 0 Å². The highest BCUT2D eigenvalue weighted by Crippen LogP contribution is 2.25. The first-order valence-electron chi connectivity index (χ1n) is 10.1. The van der Waals surface area contributed by atoms with Gasteiger partial charge in [-0.1, -0.05) is 44.2 Å². The van der Waals surface area contributed by atoms with E-state index >= 15 is 0 Å². The summed E-state index contributed by atoms with van der Waals surface area (Å²) in [7, 11) is -2.14. The van der Waals surface area contributed by atoms with E-state index in [-0.39, 0.29) is 5.91 Å². The molecule has 0 aliphatic carbocycles. The number of aryl methyl sites for hydroxylation is 1. The van der Waals surface area contributed by atoms with Crippen LogP contribution in [0.2, 0.25) is 0 Å². The third kappa shape index (κ3) is 6.49. The van der Waals surface area contributed by atoms with Crippen LogP contribution >= 0.6 is 0 Å². The second-order valence-corrected chi connectivity index (χ2v) is 9.59. The van der Waals surface area contributed by atoms with E-state index in [2.05, 4.69) is 43.4 Å². The number of anilines is 1. The average Bonchev–Trinajstić information content (AvgIpc) is 2.70. The van der Waals surface area contributed by atoms with Crippen LogP contribution in [-0.4, -0.2) is 40.3 Å². The standard InChI is InChI=1S/C23H32N2O4S/c1-17(2)20-13-11-19(12-14-20)8-7-15-24-23(26)18(3)25(30(5,27)28)21-9-6-10-22(16-21)29-4/h6,9-14,16-18H,7-8,15H2,1-5H3,(H,24,26)/t18-/m1/s1. The number of methoxy groups -OCH3 is 1. The molecule has 0 aromatic heterocycles. The van der Waals surface area contributed by atoms with Gasteiger partial charge in [-0.3, -0.25) is 9.10 Å². The molecule has 1 atom stereocenters. The summed E-state index contributed by atoms with van der Waals surface area (Å²) in [4.78, 5) is 12.6. The second-order valence-electron chi connectivity index (χ2n) is 7.73. The summed E-state index contributed by atoms with van der Waals surface area (Å²) in [5, 5.41) is 2.86. The maximum atomic E-state index is 12.6. The average molecular weight is 433 g/mol. The van der Waals surface area contributed by atoms with E-state index in [0.717, 1.165) is 23.4 Å². The Morgan fingerprint density at radius 1 is 1.10 bits per heavy atom. The molecule has 0 unspecified atom stereocenters. The fraction of sp³-hybridized carbons (Fsp3) is 0.435. The van der Waals surface area contributed by atoms with Gasteiger partial charge in [-0.25, -0.2) is 8.42 Å². The van der Waals surface area contributed by atoms with Gasteiger partial charge in [0.2, 0.25) is 15.9 Å². The number of ether oxygens (including phenoxy) is 1. The summed E-state index contributed by atoms with van der Waals surface area (Å²) < 4.78 is 31.0. The van der Waals surface area contributed by atoms with Crippen LogP contribution < -0.4 is 14.4 Å². The van der Waals surface area contributed by atoms with Crippen LogP contribution in [0.5, 0.6) is 5.75 Å². The number of hydrogen-bond donors (Lipinski definition) is 1. The Morgan fingerprint density at radius 2 is 1.77 bits per heavy atom. The van der Waals surface area contributed by atoms with Crippen molar-refractivity contribution in [3.05, 3.63) is 59.7 Å². The van der Waals surface area contributed by atoms with E-state index in [9.17, 15) is 13.2 Å². The topological polar surface area (TPSA) is 75.7 Å². The summed E-state index contributed by atoms with van der Waals surface area (Å²) in [5.74, 6) is 0.692. The normalized spacial score (nSPS) is 12.5. The Bertz CT molecular complexity index is 940. The summed E-state index contributed by atoms with van der Waals surface area (Å²) in [6.07, 6.45) is 2.72. The second kappa shape index (κ2) is 10.5. The molecule has 30 heavy (non-hydrogen) atoms. The van der Waals surface area contributed by atoms with Crippen LogP contribution in [0, 0.1) is 0 Å². The molecule has 2 rings (SSSR count). The van der Waals surface area contributed by atoms with Crippen molar-refractivity contribution in [1.29, 1.82) is 0 Å². The molecule has 0 fully saturated rings. The van der Waals surface area contributed by atoms with E-state index in [1.807, 2.05) is 0 Å². The molecule has 1 amide bonds. The molecule has 6 nitrogen and oxygen atoms in total. The smallest absolute Gasteiger partial charge is 0.243 e. The third-order valence-electron chi connectivity index (χ3n) is 4.98. The quantitative estimate of drug-likeness (QED) is 0.581. The highest BCUT2D eigenvalue weighted by Gasteiger charge is 2.29. The zero-order valence-electron chi connectivity index (χ0n) is 18.4. The van der Waals surface area contributed by atoms with E-state index in [0.29, 0.717) is 23.9 Å². The van der Waals surface area contributed by atoms with Crippen molar-refractivity contribution in [2.24, 2.45) is 0 Å². The Labute approximate surface area is 180 Å². The van der Waals surface area contributed by atoms with Gasteiger partial charge in [0.05, 0.1) is 19.1 Å². The molecule has 0 aliphatic rings. The molecular weight excluding hydrogens is 400 g/mol. The lowest BCUT2D eigenvalue weighted by molar-refractivity contribution is -0.121. The van der Waals surface area contributed by atoms with Crippen molar-refractivity contribution in [3.8, 4) is 5.75 Å². The number of nitrogens with zero attached hydrogens (tertiary/aromatic N) is 1. The van der Waals surface area contributed by atoms with E-state index in [4.69, 9.17) is 4.74 Å². The number of rotatable bonds is 10. The van der Waals surface area contributed by atoms with Gasteiger partial charge in [-0.2, -0.15) is 0 Å². The molecular formula is C23H32N2O4S. The summed E-state index contributed by atoms with van der Waals surface area (Å²) in [5.41, 5.74) is 2.92. The summed E-state index contributed by atoms with van der Waals surface area (Å²) in [6, 6.07) is 14.3. The minimum absolute atomic E-state index is 0.335. The van der Waals surface area contributed by atoms with Gasteiger partial charge >= 0.3 is 0 Å². The van der Waals surface area contributed by atoms with Crippen LogP contribution in [0.1, 0.15) is 44.2 Å². The molecule has 164 valence electrons. The van der Waals surface area contributed by atoms with Crippen LogP contribution in [0.15, 0.2) is 48.5 Å². The minimum Gasteiger partial charge on any atom is -0.497 e. The third-order valence-corrected chi connectivity index (χ3v) is 6.23. The van der Waals surface area contributed by atoms with Crippen LogP contribution in [0.3, 0.4) is 0 Å². The lowest BCUT2D eigenvalue weighted by atomic mass is 10.0. The van der Waals surface area contributed by atoms with Crippen LogP contribution in [-0.2, 0) is 21.2 Å². The number of carbonyl (C=O) groups excluding carboxylic acids is 1. The molecule has 0 saturated carbocycles. The van der Waals surface area contributed by atoms with Gasteiger partial charge in [0.15, 0.2) is 0 Å². The van der Waals surface area contributed by atoms with E-state index in [1.54, 1.807) is 31.2 Å². The van der Waals surface area contributed by atoms with E-state index in [1.165, 1.54) is 18.2 Å². The molecule has 0 radical (unpaired) electrons. The van der Waals surface area contributed by atoms with Crippen molar-refractivity contribution in [3.63, 3.8) is 0 Å². The van der Waals surface area contributed by atoms with Crippen molar-refractivity contribution in [2.45, 2.75) is 45.6 Å². The van der Waals surface area contributed by atoms with Gasteiger partial charge in [-0.05, 0) is 48.9 Å². The number of carbonyl (C=O) groups is 1. The maximum Gasteiger partial charge on any atom is 0.243 e. The highest BCUT2D eigenvalue weighted by molar-refractivity contribution is 7.92. The van der Waals surface area contributed by atoms with Gasteiger partial charge in [0.1, 0.15) is 11.8 Å². The lowest BCUT2D eigenvalue weighted by Crippen LogP contribution is -2.48. The molecule has 0 saturated heterocycles. The zero-order chi connectivity index (χ0) is 22.3. The van der Waals surface area contributed by atoms with Gasteiger partial charge in [0.25, 0.3) is 0 Å². The van der Waals surface area contributed by atoms with Gasteiger partial charge in [0, 0.05) is 12.6 Å². The number of sulfonamides is 1. The lowest BCUT2D eigenvalue weighted by Gasteiger charge is -2.28. The number of benzene rings is 2. The van der Waals surface area contributed by atoms with E-state index < -0.39 is 16.1 Å². The van der Waals surface area contributed by atoms with Crippen molar-refractivity contribution in [2.75, 3.05) is 24.2 Å². The monoisotopic (exact) mass is 432 g/mol. The van der Waals surface area contributed by atoms with Gasteiger partial charge < -0.3 is 10.1 Å². The molecule has 2 aromatic carbocycles. The SMILES string of the molecule is COc1cccc(N([C@H](C)C(=O)NCCCc2ccc(C(C)C)cc2)S(C)(=O)=O)c1. The highest BCUT2D eigenvalue weighted by atomic mass is 32.2. The number of nitrogens with one attached hydrogen (secondary N) is 1. The molecule has 0 bridgehead atoms. The molecule has 0 heterocycles. The molecule has 0 spiro atoms. The van der Waals surface area contributed by atoms with Crippen molar-refractivity contribution in [1.82, 2.24) is 5.32 Å². The first-order valence-corrected chi connectivity index (χ1v) is 12.0. The Kier molecular flexibility index (Phi) is 8.29. The van der Waals surface area contributed by atoms with Crippen molar-refractivity contribution >= 4 is 21.6 Å². The molecule has 1 N–H and O–H groups in total. The summed E-state index contributed by atoms with van der Waals surface area (Å²) >= 11 is 0. The molecule has 7 heteroatoms. The number of hydrogen-bond acceptors (Lipinski definition) is 4. The Hall–Kier alpha value is -2.54.